The van der Waals surface area contributed by atoms with Crippen LogP contribution in [-0.4, -0.2) is 24.5 Å². The normalized spacial score (nSPS) is 15.9. The minimum Gasteiger partial charge on any atom is -0.485 e. The summed E-state index contributed by atoms with van der Waals surface area (Å²) in [6.07, 6.45) is -0.757. The lowest BCUT2D eigenvalue weighted by Crippen LogP contribution is -2.40. The molecule has 3 N–H and O–H groups in total. The first-order valence-electron chi connectivity index (χ1n) is 6.73. The number of fused-ring (bicyclic) bond motifs is 1. The summed E-state index contributed by atoms with van der Waals surface area (Å²) in [5.74, 6) is 0.237. The van der Waals surface area contributed by atoms with Gasteiger partial charge < -0.3 is 20.5 Å². The molecule has 1 atom stereocenters. The van der Waals surface area contributed by atoms with Gasteiger partial charge in [-0.05, 0) is 30.3 Å². The number of para-hydroxylation sites is 2. The lowest BCUT2D eigenvalue weighted by Gasteiger charge is -2.25. The molecule has 0 radical (unpaired) electrons. The van der Waals surface area contributed by atoms with Gasteiger partial charge in [-0.2, -0.15) is 0 Å². The van der Waals surface area contributed by atoms with Crippen LogP contribution in [0.15, 0.2) is 48.5 Å². The molecule has 0 unspecified atom stereocenters. The third-order valence-corrected chi connectivity index (χ3v) is 3.22. The molecule has 0 saturated carbocycles. The number of amides is 2. The van der Waals surface area contributed by atoms with Gasteiger partial charge in [0.15, 0.2) is 11.5 Å². The summed E-state index contributed by atoms with van der Waals surface area (Å²) in [4.78, 5) is 23.4. The molecular weight excluding hydrogens is 284 g/mol. The highest BCUT2D eigenvalue weighted by Crippen LogP contribution is 2.31. The predicted octanol–water partition coefficient (Wildman–Crippen LogP) is 1.56. The Kier molecular flexibility index (Phi) is 3.65. The minimum absolute atomic E-state index is 0.123. The summed E-state index contributed by atoms with van der Waals surface area (Å²) >= 11 is 0. The average molecular weight is 298 g/mol. The van der Waals surface area contributed by atoms with Crippen LogP contribution in [-0.2, 0) is 4.79 Å². The van der Waals surface area contributed by atoms with Gasteiger partial charge in [0, 0.05) is 11.3 Å². The molecule has 1 heterocycles. The molecule has 6 heteroatoms. The number of benzene rings is 2. The van der Waals surface area contributed by atoms with Gasteiger partial charge in [0.2, 0.25) is 12.0 Å². The molecule has 1 aliphatic heterocycles. The second-order valence-corrected chi connectivity index (χ2v) is 4.80. The Hall–Kier alpha value is -3.02. The zero-order valence-electron chi connectivity index (χ0n) is 11.6. The molecule has 2 aromatic carbocycles. The van der Waals surface area contributed by atoms with Crippen molar-refractivity contribution in [3.63, 3.8) is 0 Å². The number of carbonyl (C=O) groups is 2. The number of nitrogens with two attached hydrogens (primary N) is 1. The maximum atomic E-state index is 12.2. The van der Waals surface area contributed by atoms with Crippen LogP contribution < -0.4 is 20.5 Å². The Morgan fingerprint density at radius 2 is 1.86 bits per heavy atom. The number of hydrogen-bond donors (Lipinski definition) is 2. The van der Waals surface area contributed by atoms with Crippen molar-refractivity contribution in [2.45, 2.75) is 6.10 Å². The van der Waals surface area contributed by atoms with Crippen LogP contribution in [0.1, 0.15) is 10.4 Å². The first-order valence-corrected chi connectivity index (χ1v) is 6.73. The van der Waals surface area contributed by atoms with E-state index in [0.717, 1.165) is 0 Å². The van der Waals surface area contributed by atoms with Crippen LogP contribution in [0.3, 0.4) is 0 Å². The summed E-state index contributed by atoms with van der Waals surface area (Å²) in [5.41, 5.74) is 6.01. The van der Waals surface area contributed by atoms with Crippen LogP contribution in [0.25, 0.3) is 0 Å². The smallest absolute Gasteiger partial charge is 0.269 e. The highest BCUT2D eigenvalue weighted by molar-refractivity contribution is 5.97. The molecule has 0 bridgehead atoms. The fourth-order valence-corrected chi connectivity index (χ4v) is 2.12. The number of nitrogens with one attached hydrogen (secondary N) is 1. The first kappa shape index (κ1) is 13.9. The van der Waals surface area contributed by atoms with Crippen molar-refractivity contribution >= 4 is 17.5 Å². The molecule has 0 spiro atoms. The van der Waals surface area contributed by atoms with Crippen molar-refractivity contribution in [2.75, 3.05) is 11.9 Å². The lowest BCUT2D eigenvalue weighted by molar-refractivity contribution is -0.125. The van der Waals surface area contributed by atoms with Crippen molar-refractivity contribution in [1.29, 1.82) is 0 Å². The van der Waals surface area contributed by atoms with E-state index in [9.17, 15) is 9.59 Å². The molecule has 1 aliphatic rings. The summed E-state index contributed by atoms with van der Waals surface area (Å²) in [6, 6.07) is 13.6. The van der Waals surface area contributed by atoms with Crippen LogP contribution in [0.2, 0.25) is 0 Å². The molecular formula is C16H14N2O4. The number of primary amides is 1. The molecule has 112 valence electrons. The Morgan fingerprint density at radius 1 is 1.09 bits per heavy atom. The van der Waals surface area contributed by atoms with E-state index in [1.165, 1.54) is 6.07 Å². The lowest BCUT2D eigenvalue weighted by atomic mass is 10.2. The number of anilines is 1. The summed E-state index contributed by atoms with van der Waals surface area (Å²) in [6.45, 7) is 0.123. The Labute approximate surface area is 126 Å². The molecule has 0 saturated heterocycles. The van der Waals surface area contributed by atoms with Crippen molar-refractivity contribution in [3.8, 4) is 11.5 Å². The summed E-state index contributed by atoms with van der Waals surface area (Å²) in [7, 11) is 0. The Morgan fingerprint density at radius 3 is 2.64 bits per heavy atom. The second kappa shape index (κ2) is 5.77. The van der Waals surface area contributed by atoms with E-state index in [2.05, 4.69) is 5.32 Å². The number of ether oxygens (including phenoxy) is 2. The standard InChI is InChI=1S/C16H14N2O4/c17-15(19)10-4-3-5-11(8-10)18-16(20)14-9-21-12-6-1-2-7-13(12)22-14/h1-8,14H,9H2,(H2,17,19)(H,18,20)/t14-/m0/s1. The van der Waals surface area contributed by atoms with Gasteiger partial charge in [-0.3, -0.25) is 9.59 Å². The topological polar surface area (TPSA) is 90.7 Å². The monoisotopic (exact) mass is 298 g/mol. The fraction of sp³-hybridized carbons (Fsp3) is 0.125. The zero-order chi connectivity index (χ0) is 15.5. The van der Waals surface area contributed by atoms with Gasteiger partial charge in [0.05, 0.1) is 0 Å². The van der Waals surface area contributed by atoms with Gasteiger partial charge in [-0.25, -0.2) is 0 Å². The molecule has 0 aliphatic carbocycles. The zero-order valence-corrected chi connectivity index (χ0v) is 11.6. The van der Waals surface area contributed by atoms with E-state index in [4.69, 9.17) is 15.2 Å². The third-order valence-electron chi connectivity index (χ3n) is 3.22. The van der Waals surface area contributed by atoms with Gasteiger partial charge in [-0.15, -0.1) is 0 Å². The maximum Gasteiger partial charge on any atom is 0.269 e. The molecule has 2 aromatic rings. The SMILES string of the molecule is NC(=O)c1cccc(NC(=O)[C@@H]2COc3ccccc3O2)c1. The van der Waals surface area contributed by atoms with Gasteiger partial charge in [0.1, 0.15) is 6.61 Å². The van der Waals surface area contributed by atoms with Gasteiger partial charge in [-0.1, -0.05) is 18.2 Å². The highest BCUT2D eigenvalue weighted by atomic mass is 16.6. The predicted molar refractivity (Wildman–Crippen MR) is 79.9 cm³/mol. The van der Waals surface area contributed by atoms with Crippen LogP contribution in [0.5, 0.6) is 11.5 Å². The molecule has 6 nitrogen and oxygen atoms in total. The molecule has 2 amide bonds. The van der Waals surface area contributed by atoms with Crippen molar-refractivity contribution < 1.29 is 19.1 Å². The number of carbonyl (C=O) groups excluding carboxylic acids is 2. The second-order valence-electron chi connectivity index (χ2n) is 4.80. The van der Waals surface area contributed by atoms with E-state index in [1.54, 1.807) is 36.4 Å². The van der Waals surface area contributed by atoms with Crippen molar-refractivity contribution in [3.05, 3.63) is 54.1 Å². The van der Waals surface area contributed by atoms with Crippen LogP contribution >= 0.6 is 0 Å². The largest absolute Gasteiger partial charge is 0.485 e. The van der Waals surface area contributed by atoms with E-state index in [-0.39, 0.29) is 12.5 Å². The maximum absolute atomic E-state index is 12.2. The van der Waals surface area contributed by atoms with Gasteiger partial charge >= 0.3 is 0 Å². The molecule has 0 aromatic heterocycles. The fourth-order valence-electron chi connectivity index (χ4n) is 2.12. The first-order chi connectivity index (χ1) is 10.6. The minimum atomic E-state index is -0.757. The van der Waals surface area contributed by atoms with E-state index in [1.807, 2.05) is 6.07 Å². The van der Waals surface area contributed by atoms with E-state index < -0.39 is 12.0 Å². The third kappa shape index (κ3) is 2.85. The highest BCUT2D eigenvalue weighted by Gasteiger charge is 2.27. The number of hydrogen-bond acceptors (Lipinski definition) is 4. The number of rotatable bonds is 3. The van der Waals surface area contributed by atoms with Crippen LogP contribution in [0.4, 0.5) is 5.69 Å². The molecule has 3 rings (SSSR count). The van der Waals surface area contributed by atoms with Crippen molar-refractivity contribution in [2.24, 2.45) is 5.73 Å². The van der Waals surface area contributed by atoms with Gasteiger partial charge in [0.25, 0.3) is 5.91 Å². The Balaban J connectivity index is 1.71. The average Bonchev–Trinajstić information content (AvgIpc) is 2.54. The quantitative estimate of drug-likeness (QED) is 0.899. The molecule has 22 heavy (non-hydrogen) atoms. The summed E-state index contributed by atoms with van der Waals surface area (Å²) in [5, 5.41) is 2.69. The van der Waals surface area contributed by atoms with E-state index >= 15 is 0 Å². The van der Waals surface area contributed by atoms with E-state index in [0.29, 0.717) is 22.7 Å². The summed E-state index contributed by atoms with van der Waals surface area (Å²) < 4.78 is 11.1. The Bertz CT molecular complexity index is 730. The van der Waals surface area contributed by atoms with Crippen LogP contribution in [0, 0.1) is 0 Å². The van der Waals surface area contributed by atoms with Crippen molar-refractivity contribution in [1.82, 2.24) is 0 Å². The molecule has 0 fully saturated rings.